The SMILES string of the molecule is C=CCN(CC(=O)O)C(=O)C(CCC)CNC(=O)OCC1c2ccccc2-c2ccccc21. The lowest BCUT2D eigenvalue weighted by Crippen LogP contribution is -2.44. The maximum absolute atomic E-state index is 12.8. The van der Waals surface area contributed by atoms with Gasteiger partial charge in [0, 0.05) is 19.0 Å². The number of carbonyl (C=O) groups excluding carboxylic acids is 2. The summed E-state index contributed by atoms with van der Waals surface area (Å²) in [6.07, 6.45) is 2.13. The van der Waals surface area contributed by atoms with Crippen molar-refractivity contribution in [1.29, 1.82) is 0 Å². The molecule has 2 aromatic rings. The van der Waals surface area contributed by atoms with Crippen molar-refractivity contribution in [1.82, 2.24) is 10.2 Å². The van der Waals surface area contributed by atoms with Gasteiger partial charge in [-0.3, -0.25) is 9.59 Å². The van der Waals surface area contributed by atoms with Gasteiger partial charge in [0.15, 0.2) is 0 Å². The quantitative estimate of drug-likeness (QED) is 0.504. The van der Waals surface area contributed by atoms with E-state index in [2.05, 4.69) is 24.0 Å². The first kappa shape index (κ1) is 24.0. The minimum atomic E-state index is -1.09. The highest BCUT2D eigenvalue weighted by Gasteiger charge is 2.29. The summed E-state index contributed by atoms with van der Waals surface area (Å²) in [5.41, 5.74) is 4.55. The van der Waals surface area contributed by atoms with Crippen LogP contribution in [0, 0.1) is 5.92 Å². The zero-order valence-corrected chi connectivity index (χ0v) is 18.8. The van der Waals surface area contributed by atoms with Gasteiger partial charge >= 0.3 is 12.1 Å². The van der Waals surface area contributed by atoms with Crippen molar-refractivity contribution in [2.45, 2.75) is 25.7 Å². The van der Waals surface area contributed by atoms with E-state index in [4.69, 9.17) is 9.84 Å². The molecule has 1 aliphatic rings. The maximum Gasteiger partial charge on any atom is 0.407 e. The monoisotopic (exact) mass is 450 g/mol. The number of aliphatic carboxylic acids is 1. The zero-order chi connectivity index (χ0) is 23.8. The van der Waals surface area contributed by atoms with Crippen molar-refractivity contribution in [3.63, 3.8) is 0 Å². The van der Waals surface area contributed by atoms with Crippen molar-refractivity contribution in [2.75, 3.05) is 26.2 Å². The number of alkyl carbamates (subject to hydrolysis) is 1. The van der Waals surface area contributed by atoms with E-state index >= 15 is 0 Å². The summed E-state index contributed by atoms with van der Waals surface area (Å²) in [6, 6.07) is 16.2. The Hall–Kier alpha value is -3.61. The van der Waals surface area contributed by atoms with E-state index in [-0.39, 0.29) is 31.5 Å². The van der Waals surface area contributed by atoms with Crippen LogP contribution in [0.15, 0.2) is 61.2 Å². The second kappa shape index (κ2) is 11.3. The summed E-state index contributed by atoms with van der Waals surface area (Å²) < 4.78 is 5.54. The Morgan fingerprint density at radius 1 is 1.12 bits per heavy atom. The Morgan fingerprint density at radius 3 is 2.27 bits per heavy atom. The number of hydrogen-bond acceptors (Lipinski definition) is 4. The molecule has 0 bridgehead atoms. The molecule has 0 saturated carbocycles. The minimum Gasteiger partial charge on any atom is -0.480 e. The molecular formula is C26H30N2O5. The second-order valence-corrected chi connectivity index (χ2v) is 8.09. The second-order valence-electron chi connectivity index (χ2n) is 8.09. The molecule has 2 aromatic carbocycles. The Balaban J connectivity index is 1.60. The van der Waals surface area contributed by atoms with Crippen LogP contribution in [0.1, 0.15) is 36.8 Å². The van der Waals surface area contributed by atoms with Gasteiger partial charge in [0.1, 0.15) is 13.2 Å². The highest BCUT2D eigenvalue weighted by atomic mass is 16.5. The van der Waals surface area contributed by atoms with E-state index in [1.807, 2.05) is 43.3 Å². The van der Waals surface area contributed by atoms with Gasteiger partial charge in [-0.2, -0.15) is 0 Å². The van der Waals surface area contributed by atoms with Crippen LogP contribution in [0.3, 0.4) is 0 Å². The van der Waals surface area contributed by atoms with Crippen LogP contribution in [-0.4, -0.2) is 54.2 Å². The molecule has 7 heteroatoms. The number of carbonyl (C=O) groups is 3. The zero-order valence-electron chi connectivity index (χ0n) is 18.8. The Kier molecular flexibility index (Phi) is 8.24. The van der Waals surface area contributed by atoms with Crippen LogP contribution in [0.25, 0.3) is 11.1 Å². The molecule has 1 unspecified atom stereocenters. The van der Waals surface area contributed by atoms with Crippen LogP contribution in [0.2, 0.25) is 0 Å². The molecular weight excluding hydrogens is 420 g/mol. The maximum atomic E-state index is 12.8. The standard InChI is InChI=1S/C26H30N2O5/c1-3-9-18(25(31)28(14-4-2)16-24(29)30)15-27-26(32)33-17-23-21-12-7-5-10-19(21)20-11-6-8-13-22(20)23/h4-8,10-13,18,23H,2-3,9,14-17H2,1H3,(H,27,32)(H,29,30). The van der Waals surface area contributed by atoms with Crippen LogP contribution < -0.4 is 5.32 Å². The number of hydrogen-bond donors (Lipinski definition) is 2. The highest BCUT2D eigenvalue weighted by Crippen LogP contribution is 2.44. The van der Waals surface area contributed by atoms with Crippen LogP contribution in [0.5, 0.6) is 0 Å². The number of nitrogens with zero attached hydrogens (tertiary/aromatic N) is 1. The molecule has 3 rings (SSSR count). The van der Waals surface area contributed by atoms with E-state index in [1.165, 1.54) is 11.0 Å². The first-order valence-electron chi connectivity index (χ1n) is 11.2. The molecule has 33 heavy (non-hydrogen) atoms. The van der Waals surface area contributed by atoms with E-state index in [0.717, 1.165) is 28.7 Å². The van der Waals surface area contributed by atoms with Gasteiger partial charge in [0.05, 0.1) is 5.92 Å². The molecule has 0 spiro atoms. The fraction of sp³-hybridized carbons (Fsp3) is 0.346. The fourth-order valence-electron chi connectivity index (χ4n) is 4.33. The number of nitrogens with one attached hydrogen (secondary N) is 1. The van der Waals surface area contributed by atoms with Crippen molar-refractivity contribution >= 4 is 18.0 Å². The average molecular weight is 451 g/mol. The van der Waals surface area contributed by atoms with Gasteiger partial charge in [-0.1, -0.05) is 68.0 Å². The number of fused-ring (bicyclic) bond motifs is 3. The molecule has 174 valence electrons. The molecule has 2 amide bonds. The van der Waals surface area contributed by atoms with Crippen LogP contribution in [0.4, 0.5) is 4.79 Å². The predicted octanol–water partition coefficient (Wildman–Crippen LogP) is 4.04. The van der Waals surface area contributed by atoms with Crippen LogP contribution >= 0.6 is 0 Å². The highest BCUT2D eigenvalue weighted by molar-refractivity contribution is 5.84. The normalized spacial score (nSPS) is 12.9. The van der Waals surface area contributed by atoms with Crippen molar-refractivity contribution in [2.24, 2.45) is 5.92 Å². The Labute approximate surface area is 194 Å². The van der Waals surface area contributed by atoms with Crippen LogP contribution in [-0.2, 0) is 14.3 Å². The largest absolute Gasteiger partial charge is 0.480 e. The molecule has 0 radical (unpaired) electrons. The number of rotatable bonds is 11. The van der Waals surface area contributed by atoms with E-state index in [1.54, 1.807) is 0 Å². The third-order valence-electron chi connectivity index (χ3n) is 5.81. The first-order chi connectivity index (χ1) is 16.0. The average Bonchev–Trinajstić information content (AvgIpc) is 3.13. The third kappa shape index (κ3) is 5.80. The fourth-order valence-corrected chi connectivity index (χ4v) is 4.33. The lowest BCUT2D eigenvalue weighted by Gasteiger charge is -2.25. The molecule has 0 saturated heterocycles. The van der Waals surface area contributed by atoms with Crippen molar-refractivity contribution < 1.29 is 24.2 Å². The number of benzene rings is 2. The lowest BCUT2D eigenvalue weighted by atomic mass is 9.98. The molecule has 0 heterocycles. The number of ether oxygens (including phenoxy) is 1. The summed E-state index contributed by atoms with van der Waals surface area (Å²) in [4.78, 5) is 37.6. The van der Waals surface area contributed by atoms with E-state index < -0.39 is 24.5 Å². The molecule has 7 nitrogen and oxygen atoms in total. The molecule has 0 aliphatic heterocycles. The summed E-state index contributed by atoms with van der Waals surface area (Å²) in [7, 11) is 0. The van der Waals surface area contributed by atoms with Gasteiger partial charge in [-0.25, -0.2) is 4.79 Å². The van der Waals surface area contributed by atoms with Crippen molar-refractivity contribution in [3.8, 4) is 11.1 Å². The minimum absolute atomic E-state index is 0.0464. The predicted molar refractivity (Wildman–Crippen MR) is 126 cm³/mol. The lowest BCUT2D eigenvalue weighted by molar-refractivity contribution is -0.145. The summed E-state index contributed by atoms with van der Waals surface area (Å²) in [5, 5.41) is 11.8. The van der Waals surface area contributed by atoms with Gasteiger partial charge in [0.2, 0.25) is 5.91 Å². The Bertz CT molecular complexity index is 974. The summed E-state index contributed by atoms with van der Waals surface area (Å²) >= 11 is 0. The Morgan fingerprint density at radius 2 is 1.73 bits per heavy atom. The van der Waals surface area contributed by atoms with Gasteiger partial charge < -0.3 is 20.1 Å². The summed E-state index contributed by atoms with van der Waals surface area (Å²) in [6.45, 7) is 5.52. The van der Waals surface area contributed by atoms with Gasteiger partial charge in [0.25, 0.3) is 0 Å². The topological polar surface area (TPSA) is 95.9 Å². The van der Waals surface area contributed by atoms with Gasteiger partial charge in [-0.15, -0.1) is 6.58 Å². The van der Waals surface area contributed by atoms with E-state index in [9.17, 15) is 14.4 Å². The number of carboxylic acids is 1. The molecule has 1 aliphatic carbocycles. The molecule has 2 N–H and O–H groups in total. The molecule has 0 fully saturated rings. The number of carboxylic acid groups (broad SMARTS) is 1. The molecule has 0 aromatic heterocycles. The summed E-state index contributed by atoms with van der Waals surface area (Å²) in [5.74, 6) is -1.99. The van der Waals surface area contributed by atoms with E-state index in [0.29, 0.717) is 6.42 Å². The first-order valence-corrected chi connectivity index (χ1v) is 11.2. The third-order valence-corrected chi connectivity index (χ3v) is 5.81. The molecule has 1 atom stereocenters. The van der Waals surface area contributed by atoms with Crippen molar-refractivity contribution in [3.05, 3.63) is 72.3 Å². The number of amides is 2. The van der Waals surface area contributed by atoms with Gasteiger partial charge in [-0.05, 0) is 28.7 Å². The smallest absolute Gasteiger partial charge is 0.407 e.